The predicted octanol–water partition coefficient (Wildman–Crippen LogP) is -1.19. The summed E-state index contributed by atoms with van der Waals surface area (Å²) in [7, 11) is -3.92. The lowest BCUT2D eigenvalue weighted by Crippen LogP contribution is -2.34. The number of nitrogens with one attached hydrogen (secondary N) is 1. The molecule has 0 aliphatic carbocycles. The summed E-state index contributed by atoms with van der Waals surface area (Å²) in [6, 6.07) is 0.362. The number of halogens is 1. The van der Waals surface area contributed by atoms with Crippen molar-refractivity contribution in [1.29, 1.82) is 0 Å². The van der Waals surface area contributed by atoms with E-state index < -0.39 is 40.7 Å². The third kappa shape index (κ3) is 6.73. The van der Waals surface area contributed by atoms with E-state index in [1.54, 1.807) is 0 Å². The van der Waals surface area contributed by atoms with Crippen molar-refractivity contribution < 1.29 is 36.9 Å². The van der Waals surface area contributed by atoms with Gasteiger partial charge in [0.15, 0.2) is 0 Å². The summed E-state index contributed by atoms with van der Waals surface area (Å²) in [5.74, 6) is -0.926. The third-order valence-electron chi connectivity index (χ3n) is 2.92. The first kappa shape index (κ1) is 21.5. The number of aliphatic hydroxyl groups excluding tert-OH is 1. The van der Waals surface area contributed by atoms with Gasteiger partial charge in [0.05, 0.1) is 24.6 Å². The maximum Gasteiger partial charge on any atom is 0.439 e. The highest BCUT2D eigenvalue weighted by atomic mass is 32.2. The van der Waals surface area contributed by atoms with Gasteiger partial charge in [0.1, 0.15) is 12.1 Å². The molecule has 14 heteroatoms. The average Bonchev–Trinajstić information content (AvgIpc) is 2.79. The second-order valence-electron chi connectivity index (χ2n) is 4.96. The minimum absolute atomic E-state index is 0.0178. The second-order valence-corrected chi connectivity index (χ2v) is 6.54. The first-order valence-corrected chi connectivity index (χ1v) is 8.70. The van der Waals surface area contributed by atoms with Crippen molar-refractivity contribution in [3.8, 4) is 0 Å². The minimum atomic E-state index is -3.92. The van der Waals surface area contributed by atoms with Crippen LogP contribution in [0.4, 0.5) is 15.2 Å². The molecule has 2 rings (SSSR count). The molecule has 26 heavy (non-hydrogen) atoms. The van der Waals surface area contributed by atoms with Crippen molar-refractivity contribution in [2.24, 2.45) is 0 Å². The van der Waals surface area contributed by atoms with Gasteiger partial charge in [-0.05, 0) is 6.07 Å². The molecule has 12 nitrogen and oxygen atoms in total. The molecule has 0 saturated carbocycles. The first-order chi connectivity index (χ1) is 12.0. The minimum Gasteiger partial charge on any atom is -0.440 e. The SMILES string of the molecule is CC(=O)NC[C@@H]1OC(=O)N(F)C1c1ccnc(N)n1.O=S(=O)(O)CCO. The molecule has 1 fully saturated rings. The molecule has 1 saturated heterocycles. The Labute approximate surface area is 147 Å². The number of carbonyl (C=O) groups excluding carboxylic acids is 2. The van der Waals surface area contributed by atoms with E-state index in [2.05, 4.69) is 15.3 Å². The van der Waals surface area contributed by atoms with Crippen LogP contribution >= 0.6 is 0 Å². The molecule has 1 aromatic heterocycles. The normalized spacial score (nSPS) is 19.4. The van der Waals surface area contributed by atoms with Gasteiger partial charge >= 0.3 is 6.09 Å². The summed E-state index contributed by atoms with van der Waals surface area (Å²) in [4.78, 5) is 29.6. The maximum atomic E-state index is 13.7. The van der Waals surface area contributed by atoms with Crippen LogP contribution in [0.25, 0.3) is 0 Å². The molecular weight excluding hydrogens is 377 g/mol. The van der Waals surface area contributed by atoms with E-state index in [0.717, 1.165) is 0 Å². The highest BCUT2D eigenvalue weighted by Gasteiger charge is 2.44. The monoisotopic (exact) mass is 395 g/mol. The van der Waals surface area contributed by atoms with Gasteiger partial charge in [-0.2, -0.15) is 8.42 Å². The van der Waals surface area contributed by atoms with Crippen LogP contribution in [0.15, 0.2) is 12.3 Å². The number of ether oxygens (including phenoxy) is 1. The number of cyclic esters (lactones) is 1. The first-order valence-electron chi connectivity index (χ1n) is 7.09. The van der Waals surface area contributed by atoms with E-state index in [1.807, 2.05) is 0 Å². The summed E-state index contributed by atoms with van der Waals surface area (Å²) in [6.07, 6.45) is -0.655. The summed E-state index contributed by atoms with van der Waals surface area (Å²) in [5.41, 5.74) is 5.62. The topological polar surface area (TPSA) is 185 Å². The van der Waals surface area contributed by atoms with Gasteiger partial charge < -0.3 is 20.9 Å². The highest BCUT2D eigenvalue weighted by Crippen LogP contribution is 2.32. The van der Waals surface area contributed by atoms with Crippen molar-refractivity contribution >= 4 is 28.1 Å². The number of nitrogens with two attached hydrogens (primary N) is 1. The van der Waals surface area contributed by atoms with E-state index in [-0.39, 0.29) is 29.2 Å². The number of nitrogens with zero attached hydrogens (tertiary/aromatic N) is 3. The number of aliphatic hydroxyl groups is 1. The van der Waals surface area contributed by atoms with Gasteiger partial charge in [-0.3, -0.25) is 9.35 Å². The lowest BCUT2D eigenvalue weighted by molar-refractivity contribution is -0.119. The van der Waals surface area contributed by atoms with Gasteiger partial charge in [-0.1, -0.05) is 4.48 Å². The van der Waals surface area contributed by atoms with Crippen LogP contribution in [-0.2, 0) is 19.6 Å². The number of rotatable bonds is 5. The zero-order valence-corrected chi connectivity index (χ0v) is 14.4. The van der Waals surface area contributed by atoms with E-state index >= 15 is 0 Å². The molecule has 0 aromatic carbocycles. The van der Waals surface area contributed by atoms with Crippen molar-refractivity contribution in [2.75, 3.05) is 24.6 Å². The molecule has 2 heterocycles. The van der Waals surface area contributed by atoms with Crippen LogP contribution in [0, 0.1) is 0 Å². The predicted molar refractivity (Wildman–Crippen MR) is 84.6 cm³/mol. The summed E-state index contributed by atoms with van der Waals surface area (Å²) in [6.45, 7) is 0.760. The van der Waals surface area contributed by atoms with E-state index in [1.165, 1.54) is 19.2 Å². The number of hydrogen-bond acceptors (Lipinski definition) is 9. The Balaban J connectivity index is 0.000000412. The standard InChI is InChI=1S/C10H12FN5O3.C2H6O4S/c1-5(17)14-4-7-8(16(11)10(18)19-7)6-2-3-13-9(12)15-6;3-1-2-7(4,5)6/h2-3,7-8H,4H2,1H3,(H,14,17)(H2,12,13,15);3H,1-2H2,(H,4,5,6)/t7-,8?;/m0./s1. The Morgan fingerprint density at radius 2 is 2.19 bits per heavy atom. The second kappa shape index (κ2) is 9.21. The molecular formula is C12H18FN5O7S. The zero-order chi connectivity index (χ0) is 19.9. The Morgan fingerprint density at radius 1 is 1.54 bits per heavy atom. The zero-order valence-electron chi connectivity index (χ0n) is 13.6. The van der Waals surface area contributed by atoms with Crippen molar-refractivity contribution in [3.05, 3.63) is 18.0 Å². The molecule has 5 N–H and O–H groups in total. The molecule has 146 valence electrons. The molecule has 1 aromatic rings. The van der Waals surface area contributed by atoms with Gasteiger partial charge in [0.2, 0.25) is 11.9 Å². The largest absolute Gasteiger partial charge is 0.440 e. The van der Waals surface area contributed by atoms with Crippen molar-refractivity contribution in [2.45, 2.75) is 19.1 Å². The molecule has 2 amide bonds. The quantitative estimate of drug-likeness (QED) is 0.349. The summed E-state index contributed by atoms with van der Waals surface area (Å²) < 4.78 is 45.6. The fourth-order valence-corrected chi connectivity index (χ4v) is 2.11. The molecule has 0 spiro atoms. The van der Waals surface area contributed by atoms with Crippen molar-refractivity contribution in [1.82, 2.24) is 20.4 Å². The van der Waals surface area contributed by atoms with Crippen LogP contribution in [0.2, 0.25) is 0 Å². The molecule has 0 bridgehead atoms. The number of amides is 2. The highest BCUT2D eigenvalue weighted by molar-refractivity contribution is 7.85. The Morgan fingerprint density at radius 3 is 2.65 bits per heavy atom. The van der Waals surface area contributed by atoms with E-state index in [0.29, 0.717) is 0 Å². The van der Waals surface area contributed by atoms with Crippen LogP contribution < -0.4 is 11.1 Å². The van der Waals surface area contributed by atoms with Gasteiger partial charge in [0.25, 0.3) is 10.1 Å². The molecule has 1 unspecified atom stereocenters. The van der Waals surface area contributed by atoms with E-state index in [4.69, 9.17) is 20.1 Å². The third-order valence-corrected chi connectivity index (χ3v) is 3.62. The lowest BCUT2D eigenvalue weighted by Gasteiger charge is -2.17. The van der Waals surface area contributed by atoms with Crippen LogP contribution in [0.5, 0.6) is 0 Å². The van der Waals surface area contributed by atoms with Crippen molar-refractivity contribution in [3.63, 3.8) is 0 Å². The molecule has 1 aliphatic rings. The van der Waals surface area contributed by atoms with Gasteiger partial charge in [-0.15, -0.1) is 5.12 Å². The molecule has 1 aliphatic heterocycles. The fourth-order valence-electron chi connectivity index (χ4n) is 1.88. The summed E-state index contributed by atoms with van der Waals surface area (Å²) >= 11 is 0. The number of anilines is 1. The Hall–Kier alpha value is -2.58. The van der Waals surface area contributed by atoms with E-state index in [9.17, 15) is 22.5 Å². The van der Waals surface area contributed by atoms with Gasteiger partial charge in [-0.25, -0.2) is 14.8 Å². The number of nitrogen functional groups attached to an aromatic ring is 1. The van der Waals surface area contributed by atoms with Crippen LogP contribution in [0.1, 0.15) is 18.7 Å². The summed E-state index contributed by atoms with van der Waals surface area (Å²) in [5, 5.41) is 10.2. The molecule has 2 atom stereocenters. The fraction of sp³-hybridized carbons (Fsp3) is 0.500. The van der Waals surface area contributed by atoms with Crippen LogP contribution in [-0.4, -0.2) is 70.2 Å². The number of hydrogen-bond donors (Lipinski definition) is 4. The van der Waals surface area contributed by atoms with Gasteiger partial charge in [0, 0.05) is 13.1 Å². The van der Waals surface area contributed by atoms with Crippen LogP contribution in [0.3, 0.4) is 0 Å². The Bertz CT molecular complexity index is 747. The lowest BCUT2D eigenvalue weighted by atomic mass is 10.1. The smallest absolute Gasteiger partial charge is 0.439 e. The average molecular weight is 395 g/mol. The number of carbonyl (C=O) groups is 2. The number of aromatic nitrogens is 2. The Kier molecular flexibility index (Phi) is 7.60. The molecule has 0 radical (unpaired) electrons. The maximum absolute atomic E-state index is 13.7.